The fourth-order valence-electron chi connectivity index (χ4n) is 3.64. The minimum atomic E-state index is 0.0863. The lowest BCUT2D eigenvalue weighted by Crippen LogP contribution is -2.32. The molecule has 1 aliphatic heterocycles. The second kappa shape index (κ2) is 7.88. The van der Waals surface area contributed by atoms with Gasteiger partial charge in [-0.25, -0.2) is 9.97 Å². The van der Waals surface area contributed by atoms with Gasteiger partial charge in [-0.2, -0.15) is 0 Å². The van der Waals surface area contributed by atoms with Crippen molar-refractivity contribution in [3.63, 3.8) is 0 Å². The number of carbonyl (C=O) groups excluding carboxylic acids is 1. The van der Waals surface area contributed by atoms with Gasteiger partial charge in [0, 0.05) is 57.4 Å². The average Bonchev–Trinajstić information content (AvgIpc) is 3.06. The van der Waals surface area contributed by atoms with Gasteiger partial charge < -0.3 is 19.5 Å². The summed E-state index contributed by atoms with van der Waals surface area (Å²) in [5.74, 6) is 1.03. The van der Waals surface area contributed by atoms with Crippen LogP contribution in [0.1, 0.15) is 29.6 Å². The zero-order chi connectivity index (χ0) is 19.5. The van der Waals surface area contributed by atoms with Crippen LogP contribution in [0, 0.1) is 0 Å². The molecule has 3 aromatic heterocycles. The molecule has 1 N–H and O–H groups in total. The van der Waals surface area contributed by atoms with E-state index >= 15 is 0 Å². The molecule has 28 heavy (non-hydrogen) atoms. The largest absolute Gasteiger partial charge is 0.381 e. The fraction of sp³-hybridized carbons (Fsp3) is 0.381. The summed E-state index contributed by atoms with van der Waals surface area (Å²) < 4.78 is 1.91. The minimum absolute atomic E-state index is 0.0863. The smallest absolute Gasteiger partial charge is 0.254 e. The molecule has 0 bridgehead atoms. The Morgan fingerprint density at radius 1 is 1.14 bits per heavy atom. The molecule has 0 saturated carbocycles. The van der Waals surface area contributed by atoms with E-state index < -0.39 is 0 Å². The number of hydrogen-bond acceptors (Lipinski definition) is 5. The van der Waals surface area contributed by atoms with Crippen molar-refractivity contribution in [3.05, 3.63) is 54.6 Å². The van der Waals surface area contributed by atoms with Gasteiger partial charge in [0.1, 0.15) is 11.5 Å². The van der Waals surface area contributed by atoms with Gasteiger partial charge in [0.25, 0.3) is 5.91 Å². The molecule has 0 aromatic carbocycles. The van der Waals surface area contributed by atoms with Crippen molar-refractivity contribution in [1.82, 2.24) is 19.3 Å². The first-order valence-electron chi connectivity index (χ1n) is 9.72. The number of amides is 1. The van der Waals surface area contributed by atoms with Gasteiger partial charge in [-0.15, -0.1) is 0 Å². The molecule has 3 aromatic rings. The van der Waals surface area contributed by atoms with Gasteiger partial charge in [0.05, 0.1) is 11.9 Å². The molecule has 4 rings (SSSR count). The minimum Gasteiger partial charge on any atom is -0.381 e. The average molecular weight is 378 g/mol. The van der Waals surface area contributed by atoms with Crippen molar-refractivity contribution in [2.24, 2.45) is 0 Å². The van der Waals surface area contributed by atoms with E-state index in [1.165, 1.54) is 0 Å². The van der Waals surface area contributed by atoms with Crippen LogP contribution in [0.3, 0.4) is 0 Å². The standard InChI is InChI=1S/C21H26N6O/c1-25(2)19-6-5-18(15-23-19)24-17-4-3-10-27(12-8-17)21(28)16-7-11-26-13-9-22-20(26)14-16/h5-7,9,11,13-15,17,24H,3-4,8,10,12H2,1-2H3/t17-/m1/s1. The van der Waals surface area contributed by atoms with Crippen LogP contribution >= 0.6 is 0 Å². The highest BCUT2D eigenvalue weighted by molar-refractivity contribution is 5.95. The molecule has 1 atom stereocenters. The van der Waals surface area contributed by atoms with Crippen LogP contribution in [0.2, 0.25) is 0 Å². The number of imidazole rings is 1. The lowest BCUT2D eigenvalue weighted by Gasteiger charge is -2.21. The topological polar surface area (TPSA) is 65.8 Å². The Morgan fingerprint density at radius 2 is 2.04 bits per heavy atom. The number of fused-ring (bicyclic) bond motifs is 1. The van der Waals surface area contributed by atoms with Crippen molar-refractivity contribution in [2.75, 3.05) is 37.4 Å². The van der Waals surface area contributed by atoms with Crippen LogP contribution in [0.25, 0.3) is 5.65 Å². The first kappa shape index (κ1) is 18.3. The number of pyridine rings is 2. The van der Waals surface area contributed by atoms with Crippen molar-refractivity contribution in [2.45, 2.75) is 25.3 Å². The first-order chi connectivity index (χ1) is 13.6. The summed E-state index contributed by atoms with van der Waals surface area (Å²) in [7, 11) is 3.97. The zero-order valence-corrected chi connectivity index (χ0v) is 16.4. The third-order valence-corrected chi connectivity index (χ3v) is 5.24. The third-order valence-electron chi connectivity index (χ3n) is 5.24. The van der Waals surface area contributed by atoms with Crippen molar-refractivity contribution in [3.8, 4) is 0 Å². The molecule has 1 aliphatic rings. The second-order valence-corrected chi connectivity index (χ2v) is 7.47. The summed E-state index contributed by atoms with van der Waals surface area (Å²) in [6.07, 6.45) is 10.3. The Bertz CT molecular complexity index is 949. The number of aromatic nitrogens is 3. The Morgan fingerprint density at radius 3 is 2.82 bits per heavy atom. The van der Waals surface area contributed by atoms with Crippen LogP contribution in [0.15, 0.2) is 49.1 Å². The van der Waals surface area contributed by atoms with Gasteiger partial charge in [0.15, 0.2) is 0 Å². The monoisotopic (exact) mass is 378 g/mol. The maximum atomic E-state index is 12.9. The molecule has 1 fully saturated rings. The highest BCUT2D eigenvalue weighted by Crippen LogP contribution is 2.19. The quantitative estimate of drug-likeness (QED) is 0.756. The van der Waals surface area contributed by atoms with E-state index in [2.05, 4.69) is 21.4 Å². The second-order valence-electron chi connectivity index (χ2n) is 7.47. The van der Waals surface area contributed by atoms with E-state index in [1.54, 1.807) is 6.20 Å². The predicted molar refractivity (Wildman–Crippen MR) is 111 cm³/mol. The Balaban J connectivity index is 1.38. The lowest BCUT2D eigenvalue weighted by molar-refractivity contribution is 0.0761. The van der Waals surface area contributed by atoms with E-state index in [0.717, 1.165) is 49.5 Å². The molecule has 1 saturated heterocycles. The molecule has 0 unspecified atom stereocenters. The van der Waals surface area contributed by atoms with E-state index in [0.29, 0.717) is 11.6 Å². The summed E-state index contributed by atoms with van der Waals surface area (Å²) in [5, 5.41) is 3.57. The van der Waals surface area contributed by atoms with Crippen LogP contribution in [0.4, 0.5) is 11.5 Å². The van der Waals surface area contributed by atoms with Gasteiger partial charge in [-0.1, -0.05) is 0 Å². The molecule has 4 heterocycles. The molecule has 0 radical (unpaired) electrons. The summed E-state index contributed by atoms with van der Waals surface area (Å²) in [5.41, 5.74) is 2.53. The van der Waals surface area contributed by atoms with E-state index in [-0.39, 0.29) is 5.91 Å². The highest BCUT2D eigenvalue weighted by Gasteiger charge is 2.22. The van der Waals surface area contributed by atoms with E-state index in [1.807, 2.05) is 65.1 Å². The van der Waals surface area contributed by atoms with Gasteiger partial charge in [0.2, 0.25) is 0 Å². The SMILES string of the molecule is CN(C)c1ccc(N[C@@H]2CCCN(C(=O)c3ccn4ccnc4c3)CC2)cn1. The molecule has 7 heteroatoms. The van der Waals surface area contributed by atoms with Crippen LogP contribution in [-0.4, -0.2) is 58.4 Å². The van der Waals surface area contributed by atoms with Crippen LogP contribution < -0.4 is 10.2 Å². The Labute approximate surface area is 165 Å². The maximum Gasteiger partial charge on any atom is 0.254 e. The molecular weight excluding hydrogens is 352 g/mol. The number of hydrogen-bond donors (Lipinski definition) is 1. The number of likely N-dealkylation sites (tertiary alicyclic amines) is 1. The molecule has 7 nitrogen and oxygen atoms in total. The lowest BCUT2D eigenvalue weighted by atomic mass is 10.1. The Kier molecular flexibility index (Phi) is 5.14. The number of nitrogens with zero attached hydrogens (tertiary/aromatic N) is 5. The first-order valence-corrected chi connectivity index (χ1v) is 9.72. The third kappa shape index (κ3) is 3.93. The molecule has 1 amide bonds. The van der Waals surface area contributed by atoms with E-state index in [4.69, 9.17) is 0 Å². The van der Waals surface area contributed by atoms with Crippen molar-refractivity contribution < 1.29 is 4.79 Å². The summed E-state index contributed by atoms with van der Waals surface area (Å²) in [6, 6.07) is 8.16. The zero-order valence-electron chi connectivity index (χ0n) is 16.4. The number of rotatable bonds is 4. The van der Waals surface area contributed by atoms with Crippen molar-refractivity contribution in [1.29, 1.82) is 0 Å². The van der Waals surface area contributed by atoms with Crippen LogP contribution in [0.5, 0.6) is 0 Å². The fourth-order valence-corrected chi connectivity index (χ4v) is 3.64. The van der Waals surface area contributed by atoms with Crippen molar-refractivity contribution >= 4 is 23.1 Å². The highest BCUT2D eigenvalue weighted by atomic mass is 16.2. The summed E-state index contributed by atoms with van der Waals surface area (Å²) in [4.78, 5) is 25.6. The normalized spacial score (nSPS) is 17.4. The molecular formula is C21H26N6O. The molecule has 146 valence electrons. The summed E-state index contributed by atoms with van der Waals surface area (Å²) in [6.45, 7) is 1.54. The van der Waals surface area contributed by atoms with Gasteiger partial charge in [-0.05, 0) is 43.5 Å². The predicted octanol–water partition coefficient (Wildman–Crippen LogP) is 2.90. The number of carbonyl (C=O) groups is 1. The molecule has 0 aliphatic carbocycles. The molecule has 0 spiro atoms. The summed E-state index contributed by atoms with van der Waals surface area (Å²) >= 11 is 0. The van der Waals surface area contributed by atoms with Gasteiger partial charge in [-0.3, -0.25) is 4.79 Å². The van der Waals surface area contributed by atoms with E-state index in [9.17, 15) is 4.79 Å². The maximum absolute atomic E-state index is 12.9. The number of anilines is 2. The van der Waals surface area contributed by atoms with Crippen LogP contribution in [-0.2, 0) is 0 Å². The number of nitrogens with one attached hydrogen (secondary N) is 1. The Hall–Kier alpha value is -3.09. The van der Waals surface area contributed by atoms with Gasteiger partial charge >= 0.3 is 0 Å².